The van der Waals surface area contributed by atoms with E-state index in [1.807, 2.05) is 24.3 Å². The standard InChI is InChI=1S/C35H24BrF3N6O5/c1-50-34(49)29-28-27-16(12-36)14-45(25(27)11-26(46)30(28)44-31(29)35(37,38)39)33(48)23-9-15-8-17(6-7-20(15)42-23)41-32(47)22-10-19-18-4-2-3-5-21(18)43-24(19)13-40-22/h2-11,13,16,42-44,46H,12,14H2,1H3,(H,41,47). The minimum atomic E-state index is -4.95. The molecule has 11 nitrogen and oxygen atoms in total. The number of esters is 1. The third kappa shape index (κ3) is 4.87. The van der Waals surface area contributed by atoms with E-state index in [9.17, 15) is 32.7 Å². The quantitative estimate of drug-likeness (QED) is 0.0904. The maximum atomic E-state index is 14.0. The summed E-state index contributed by atoms with van der Waals surface area (Å²) in [5.41, 5.74) is 1.22. The van der Waals surface area contributed by atoms with Crippen LogP contribution in [0.3, 0.4) is 0 Å². The van der Waals surface area contributed by atoms with Crippen LogP contribution in [0.2, 0.25) is 0 Å². The van der Waals surface area contributed by atoms with Crippen LogP contribution in [-0.2, 0) is 10.9 Å². The fourth-order valence-electron chi connectivity index (χ4n) is 6.79. The molecule has 1 atom stereocenters. The number of fused-ring (bicyclic) bond motifs is 7. The molecule has 0 saturated heterocycles. The Kier molecular flexibility index (Phi) is 7.15. The smallest absolute Gasteiger partial charge is 0.432 e. The molecule has 1 aliphatic rings. The molecule has 252 valence electrons. The van der Waals surface area contributed by atoms with Crippen LogP contribution in [0.5, 0.6) is 5.75 Å². The Labute approximate surface area is 287 Å². The predicted octanol–water partition coefficient (Wildman–Crippen LogP) is 7.58. The van der Waals surface area contributed by atoms with Gasteiger partial charge in [0.2, 0.25) is 0 Å². The summed E-state index contributed by atoms with van der Waals surface area (Å²) in [6, 6.07) is 17.4. The monoisotopic (exact) mass is 744 g/mol. The molecule has 0 spiro atoms. The van der Waals surface area contributed by atoms with Crippen LogP contribution in [0.25, 0.3) is 43.6 Å². The number of carbonyl (C=O) groups excluding carboxylic acids is 3. The highest BCUT2D eigenvalue weighted by Crippen LogP contribution is 2.49. The Bertz CT molecular complexity index is 2570. The second-order valence-electron chi connectivity index (χ2n) is 11.9. The lowest BCUT2D eigenvalue weighted by atomic mass is 9.95. The first kappa shape index (κ1) is 31.4. The van der Waals surface area contributed by atoms with Gasteiger partial charge in [-0.05, 0) is 42.0 Å². The number of hydrogen-bond donors (Lipinski definition) is 5. The number of anilines is 2. The lowest BCUT2D eigenvalue weighted by Gasteiger charge is -2.17. The summed E-state index contributed by atoms with van der Waals surface area (Å²) >= 11 is 3.40. The Hall–Kier alpha value is -5.83. The predicted molar refractivity (Wildman–Crippen MR) is 184 cm³/mol. The van der Waals surface area contributed by atoms with Gasteiger partial charge < -0.3 is 35.0 Å². The molecule has 0 bridgehead atoms. The number of phenols is 1. The third-order valence-corrected chi connectivity index (χ3v) is 9.80. The van der Waals surface area contributed by atoms with Gasteiger partial charge in [-0.3, -0.25) is 9.59 Å². The van der Waals surface area contributed by atoms with E-state index in [1.54, 1.807) is 36.5 Å². The number of alkyl halides is 4. The minimum absolute atomic E-state index is 0.0512. The Morgan fingerprint density at radius 1 is 1.02 bits per heavy atom. The van der Waals surface area contributed by atoms with Gasteiger partial charge in [-0.15, -0.1) is 0 Å². The number of aromatic hydroxyl groups is 1. The fourth-order valence-corrected chi connectivity index (χ4v) is 7.32. The van der Waals surface area contributed by atoms with Crippen molar-refractivity contribution in [2.45, 2.75) is 12.1 Å². The minimum Gasteiger partial charge on any atom is -0.506 e. The molecule has 4 aromatic heterocycles. The molecular formula is C35H24BrF3N6O5. The number of aromatic nitrogens is 4. The highest BCUT2D eigenvalue weighted by Gasteiger charge is 2.43. The fraction of sp³-hybridized carbons (Fsp3) is 0.143. The lowest BCUT2D eigenvalue weighted by Crippen LogP contribution is -2.30. The molecule has 0 aliphatic carbocycles. The Morgan fingerprint density at radius 3 is 2.58 bits per heavy atom. The van der Waals surface area contributed by atoms with E-state index < -0.39 is 46.9 Å². The van der Waals surface area contributed by atoms with E-state index in [0.717, 1.165) is 28.9 Å². The van der Waals surface area contributed by atoms with Crippen LogP contribution in [0.15, 0.2) is 66.9 Å². The summed E-state index contributed by atoms with van der Waals surface area (Å²) in [5, 5.41) is 16.2. The number of nitrogens with one attached hydrogen (secondary N) is 4. The SMILES string of the molecule is COC(=O)c1c(C(F)(F)F)[nH]c2c(O)cc3c(c12)C(CBr)CN3C(=O)c1cc2cc(NC(=O)c3cc4c(cn3)[nH]c3ccccc34)ccc2[nH]1. The molecule has 0 saturated carbocycles. The molecule has 15 heteroatoms. The van der Waals surface area contributed by atoms with Gasteiger partial charge in [0.15, 0.2) is 0 Å². The maximum absolute atomic E-state index is 14.0. The van der Waals surface area contributed by atoms with Gasteiger partial charge in [0, 0.05) is 62.1 Å². The molecule has 5 N–H and O–H groups in total. The zero-order valence-corrected chi connectivity index (χ0v) is 27.4. The zero-order chi connectivity index (χ0) is 35.1. The van der Waals surface area contributed by atoms with Gasteiger partial charge in [-0.2, -0.15) is 13.2 Å². The lowest BCUT2D eigenvalue weighted by molar-refractivity contribution is -0.141. The van der Waals surface area contributed by atoms with E-state index in [2.05, 4.69) is 41.2 Å². The summed E-state index contributed by atoms with van der Waals surface area (Å²) in [5.74, 6) is -3.27. The molecule has 0 fully saturated rings. The van der Waals surface area contributed by atoms with Crippen molar-refractivity contribution in [2.75, 3.05) is 29.2 Å². The second-order valence-corrected chi connectivity index (χ2v) is 12.6. The number of phenolic OH excluding ortho intramolecular Hbond substituents is 1. The van der Waals surface area contributed by atoms with Crippen molar-refractivity contribution in [3.63, 3.8) is 0 Å². The van der Waals surface area contributed by atoms with Crippen LogP contribution in [0.4, 0.5) is 24.5 Å². The average Bonchev–Trinajstić information content (AvgIpc) is 3.88. The molecule has 50 heavy (non-hydrogen) atoms. The number of nitrogens with zero attached hydrogens (tertiary/aromatic N) is 2. The topological polar surface area (TPSA) is 156 Å². The summed E-state index contributed by atoms with van der Waals surface area (Å²) < 4.78 is 46.8. The van der Waals surface area contributed by atoms with Gasteiger partial charge >= 0.3 is 12.1 Å². The number of rotatable bonds is 5. The number of carbonyl (C=O) groups is 3. The Morgan fingerprint density at radius 2 is 1.82 bits per heavy atom. The first-order chi connectivity index (χ1) is 24.0. The van der Waals surface area contributed by atoms with Crippen molar-refractivity contribution in [3.8, 4) is 5.75 Å². The second kappa shape index (κ2) is 11.4. The van der Waals surface area contributed by atoms with E-state index in [4.69, 9.17) is 4.74 Å². The molecule has 2 amide bonds. The summed E-state index contributed by atoms with van der Waals surface area (Å²) in [6.07, 6.45) is -3.34. The number of para-hydroxylation sites is 1. The summed E-state index contributed by atoms with van der Waals surface area (Å²) in [6.45, 7) is 0.0512. The highest BCUT2D eigenvalue weighted by molar-refractivity contribution is 9.09. The van der Waals surface area contributed by atoms with E-state index in [1.165, 1.54) is 11.0 Å². The number of benzene rings is 3. The van der Waals surface area contributed by atoms with Gasteiger partial charge in [-0.1, -0.05) is 34.1 Å². The van der Waals surface area contributed by atoms with Crippen molar-refractivity contribution in [3.05, 3.63) is 95.1 Å². The molecule has 8 rings (SSSR count). The van der Waals surface area contributed by atoms with E-state index in [-0.39, 0.29) is 45.4 Å². The van der Waals surface area contributed by atoms with Crippen LogP contribution in [0, 0.1) is 0 Å². The number of aromatic amines is 3. The average molecular weight is 746 g/mol. The number of methoxy groups -OCH3 is 1. The number of halogens is 4. The van der Waals surface area contributed by atoms with Crippen LogP contribution in [0.1, 0.15) is 48.5 Å². The van der Waals surface area contributed by atoms with Crippen LogP contribution in [-0.4, -0.2) is 61.8 Å². The van der Waals surface area contributed by atoms with E-state index in [0.29, 0.717) is 16.6 Å². The van der Waals surface area contributed by atoms with Gasteiger partial charge in [0.05, 0.1) is 35.6 Å². The van der Waals surface area contributed by atoms with Gasteiger partial charge in [0.1, 0.15) is 22.8 Å². The molecule has 1 unspecified atom stereocenters. The zero-order valence-electron chi connectivity index (χ0n) is 25.8. The first-order valence-electron chi connectivity index (χ1n) is 15.2. The number of ether oxygens (including phenoxy) is 1. The van der Waals surface area contributed by atoms with Gasteiger partial charge in [-0.25, -0.2) is 9.78 Å². The van der Waals surface area contributed by atoms with Crippen molar-refractivity contribution in [1.29, 1.82) is 0 Å². The number of hydrogen-bond acceptors (Lipinski definition) is 6. The first-order valence-corrected chi connectivity index (χ1v) is 16.3. The van der Waals surface area contributed by atoms with Crippen LogP contribution < -0.4 is 10.2 Å². The highest BCUT2D eigenvalue weighted by atomic mass is 79.9. The largest absolute Gasteiger partial charge is 0.506 e. The third-order valence-electron chi connectivity index (χ3n) is 9.01. The normalized spacial score (nSPS) is 14.6. The maximum Gasteiger partial charge on any atom is 0.432 e. The number of H-pyrrole nitrogens is 3. The molecule has 7 aromatic rings. The summed E-state index contributed by atoms with van der Waals surface area (Å²) in [4.78, 5) is 54.1. The number of amides is 2. The molecular weight excluding hydrogens is 721 g/mol. The van der Waals surface area contributed by atoms with Crippen molar-refractivity contribution >= 4 is 88.7 Å². The summed E-state index contributed by atoms with van der Waals surface area (Å²) in [7, 11) is 0.968. The number of pyridine rings is 1. The van der Waals surface area contributed by atoms with Crippen molar-refractivity contribution < 1.29 is 37.4 Å². The van der Waals surface area contributed by atoms with Crippen LogP contribution >= 0.6 is 15.9 Å². The Balaban J connectivity index is 1.12. The molecule has 1 aliphatic heterocycles. The van der Waals surface area contributed by atoms with Crippen molar-refractivity contribution in [2.24, 2.45) is 0 Å². The molecule has 3 aromatic carbocycles. The van der Waals surface area contributed by atoms with Crippen molar-refractivity contribution in [1.82, 2.24) is 19.9 Å². The van der Waals surface area contributed by atoms with E-state index >= 15 is 0 Å². The van der Waals surface area contributed by atoms with Gasteiger partial charge in [0.25, 0.3) is 11.8 Å². The molecule has 5 heterocycles. The molecule has 0 radical (unpaired) electrons.